The quantitative estimate of drug-likeness (QED) is 0.273. The van der Waals surface area contributed by atoms with Crippen LogP contribution < -0.4 is 25.0 Å². The Kier molecular flexibility index (Phi) is 10.7. The molecule has 0 aliphatic heterocycles. The van der Waals surface area contributed by atoms with E-state index in [2.05, 4.69) is 29.6 Å². The summed E-state index contributed by atoms with van der Waals surface area (Å²) in [5, 5.41) is 9.44. The highest BCUT2D eigenvalue weighted by molar-refractivity contribution is 6.03. The number of carbonyl (C=O) groups excluding carboxylic acids is 3. The first-order valence-electron chi connectivity index (χ1n) is 14.1. The summed E-state index contributed by atoms with van der Waals surface area (Å²) < 4.78 is 16.2. The van der Waals surface area contributed by atoms with Crippen molar-refractivity contribution in [2.24, 2.45) is 0 Å². The Balaban J connectivity index is 2.09. The van der Waals surface area contributed by atoms with Crippen molar-refractivity contribution in [2.75, 3.05) is 24.4 Å². The number of amides is 3. The van der Waals surface area contributed by atoms with E-state index in [0.29, 0.717) is 34.4 Å². The molecule has 2 atom stereocenters. The second kappa shape index (κ2) is 14.0. The fourth-order valence-corrected chi connectivity index (χ4v) is 4.57. The van der Waals surface area contributed by atoms with Crippen molar-refractivity contribution in [1.29, 1.82) is 0 Å². The van der Waals surface area contributed by atoms with Crippen molar-refractivity contribution in [2.45, 2.75) is 78.3 Å². The Morgan fingerprint density at radius 3 is 2.26 bits per heavy atom. The van der Waals surface area contributed by atoms with Gasteiger partial charge in [-0.15, -0.1) is 0 Å². The highest BCUT2D eigenvalue weighted by Gasteiger charge is 2.37. The summed E-state index contributed by atoms with van der Waals surface area (Å²) in [7, 11) is 3.00. The van der Waals surface area contributed by atoms with Crippen LogP contribution in [0.3, 0.4) is 0 Å². The molecule has 226 valence electrons. The molecule has 0 aliphatic carbocycles. The van der Waals surface area contributed by atoms with Crippen molar-refractivity contribution >= 4 is 29.2 Å². The molecule has 1 heterocycles. The zero-order valence-corrected chi connectivity index (χ0v) is 25.7. The van der Waals surface area contributed by atoms with Gasteiger partial charge in [-0.2, -0.15) is 0 Å². The van der Waals surface area contributed by atoms with E-state index in [1.165, 1.54) is 19.1 Å². The lowest BCUT2D eigenvalue weighted by atomic mass is 9.96. The zero-order chi connectivity index (χ0) is 31.0. The normalized spacial score (nSPS) is 12.7. The highest BCUT2D eigenvalue weighted by Crippen LogP contribution is 2.40. The molecule has 0 fully saturated rings. The molecule has 3 aromatic rings. The summed E-state index contributed by atoms with van der Waals surface area (Å²) >= 11 is 0. The van der Waals surface area contributed by atoms with E-state index in [-0.39, 0.29) is 18.7 Å². The Labute approximate surface area is 247 Å². The molecule has 0 saturated heterocycles. The van der Waals surface area contributed by atoms with Gasteiger partial charge in [0.05, 0.1) is 14.2 Å². The summed E-state index contributed by atoms with van der Waals surface area (Å²) in [5.74, 6) is 0.670. The van der Waals surface area contributed by atoms with Gasteiger partial charge in [0.2, 0.25) is 17.7 Å². The molecule has 2 N–H and O–H groups in total. The van der Waals surface area contributed by atoms with Crippen LogP contribution in [0.5, 0.6) is 11.5 Å². The second-order valence-electron chi connectivity index (χ2n) is 11.3. The van der Waals surface area contributed by atoms with E-state index in [9.17, 15) is 14.4 Å². The Bertz CT molecular complexity index is 1380. The Morgan fingerprint density at radius 2 is 1.71 bits per heavy atom. The van der Waals surface area contributed by atoms with Crippen LogP contribution >= 0.6 is 0 Å². The number of hydrogen-bond donors (Lipinski definition) is 2. The fraction of sp³-hybridized carbons (Fsp3) is 0.438. The van der Waals surface area contributed by atoms with Crippen molar-refractivity contribution in [3.63, 3.8) is 0 Å². The highest BCUT2D eigenvalue weighted by atomic mass is 16.5. The third-order valence-corrected chi connectivity index (χ3v) is 6.82. The van der Waals surface area contributed by atoms with Crippen LogP contribution in [0.15, 0.2) is 53.1 Å². The third kappa shape index (κ3) is 8.11. The minimum atomic E-state index is -1.13. The molecule has 0 saturated carbocycles. The number of methoxy groups -OCH3 is 2. The molecule has 42 heavy (non-hydrogen) atoms. The van der Waals surface area contributed by atoms with Crippen LogP contribution in [-0.2, 0) is 14.4 Å². The summed E-state index contributed by atoms with van der Waals surface area (Å²) in [5.41, 5.74) is 1.48. The molecule has 2 aromatic carbocycles. The van der Waals surface area contributed by atoms with Crippen LogP contribution in [-0.4, -0.2) is 42.6 Å². The minimum Gasteiger partial charge on any atom is -0.493 e. The van der Waals surface area contributed by atoms with Gasteiger partial charge < -0.3 is 24.6 Å². The number of carbonyl (C=O) groups is 3. The number of nitrogens with zero attached hydrogens (tertiary/aromatic N) is 2. The van der Waals surface area contributed by atoms with E-state index in [1.807, 2.05) is 45.0 Å². The number of aromatic nitrogens is 1. The Hall–Kier alpha value is -4.34. The number of aryl methyl sites for hydroxylation is 1. The third-order valence-electron chi connectivity index (χ3n) is 6.82. The van der Waals surface area contributed by atoms with Crippen LogP contribution in [0, 0.1) is 6.92 Å². The van der Waals surface area contributed by atoms with Gasteiger partial charge in [0.25, 0.3) is 0 Å². The number of ether oxygens (including phenoxy) is 2. The summed E-state index contributed by atoms with van der Waals surface area (Å²) in [4.78, 5) is 42.3. The lowest BCUT2D eigenvalue weighted by Crippen LogP contribution is -2.49. The SMILES string of the molecule is CC[C@H](C)c1ccc(N(C(=O)CCC(=O)Nc2cc(C)on2)[C@H](C(=O)NC(C)(C)C)c2cccc(OC)c2OC)cc1. The lowest BCUT2D eigenvalue weighted by molar-refractivity contribution is -0.128. The van der Waals surface area contributed by atoms with Gasteiger partial charge in [0, 0.05) is 35.7 Å². The molecule has 0 unspecified atom stereocenters. The lowest BCUT2D eigenvalue weighted by Gasteiger charge is -2.34. The Morgan fingerprint density at radius 1 is 1.02 bits per heavy atom. The number of anilines is 2. The predicted molar refractivity (Wildman–Crippen MR) is 162 cm³/mol. The molecule has 1 aromatic heterocycles. The first-order chi connectivity index (χ1) is 19.9. The molecule has 0 radical (unpaired) electrons. The van der Waals surface area contributed by atoms with Crippen molar-refractivity contribution in [1.82, 2.24) is 10.5 Å². The molecule has 3 rings (SSSR count). The number of nitrogens with one attached hydrogen (secondary N) is 2. The number of benzene rings is 2. The number of para-hydroxylation sites is 1. The standard InChI is InChI=1S/C32H42N4O6/c1-9-20(2)22-13-15-23(16-14-22)36(28(38)18-17-27(37)33-26-19-21(3)42-35-26)29(31(39)34-32(4,5)6)24-11-10-12-25(40-7)30(24)41-8/h10-16,19-20,29H,9,17-18H2,1-8H3,(H,34,39)(H,33,35,37)/t20-,29-/m0/s1. The van der Waals surface area contributed by atoms with Gasteiger partial charge in [-0.1, -0.05) is 43.3 Å². The van der Waals surface area contributed by atoms with Gasteiger partial charge in [0.1, 0.15) is 11.8 Å². The molecule has 10 heteroatoms. The van der Waals surface area contributed by atoms with Gasteiger partial charge in [-0.3, -0.25) is 19.3 Å². The van der Waals surface area contributed by atoms with Crippen LogP contribution in [0.4, 0.5) is 11.5 Å². The first-order valence-corrected chi connectivity index (χ1v) is 14.1. The van der Waals surface area contributed by atoms with Gasteiger partial charge in [-0.25, -0.2) is 0 Å². The molecular weight excluding hydrogens is 536 g/mol. The molecule has 10 nitrogen and oxygen atoms in total. The molecule has 3 amide bonds. The van der Waals surface area contributed by atoms with Gasteiger partial charge >= 0.3 is 0 Å². The molecule has 0 bridgehead atoms. The summed E-state index contributed by atoms with van der Waals surface area (Å²) in [6.07, 6.45) is 0.663. The van der Waals surface area contributed by atoms with Gasteiger partial charge in [0.15, 0.2) is 17.3 Å². The van der Waals surface area contributed by atoms with E-state index in [4.69, 9.17) is 14.0 Å². The number of rotatable bonds is 12. The van der Waals surface area contributed by atoms with Crippen molar-refractivity contribution < 1.29 is 28.4 Å². The average Bonchev–Trinajstić information content (AvgIpc) is 3.36. The van der Waals surface area contributed by atoms with E-state index in [1.54, 1.807) is 31.2 Å². The van der Waals surface area contributed by atoms with Crippen LogP contribution in [0.25, 0.3) is 0 Å². The average molecular weight is 579 g/mol. The van der Waals surface area contributed by atoms with Crippen LogP contribution in [0.1, 0.15) is 82.7 Å². The number of hydrogen-bond acceptors (Lipinski definition) is 7. The largest absolute Gasteiger partial charge is 0.493 e. The van der Waals surface area contributed by atoms with Crippen molar-refractivity contribution in [3.8, 4) is 11.5 Å². The van der Waals surface area contributed by atoms with Gasteiger partial charge in [-0.05, 0) is 63.8 Å². The first kappa shape index (κ1) is 32.2. The monoisotopic (exact) mass is 578 g/mol. The maximum Gasteiger partial charge on any atom is 0.248 e. The maximum absolute atomic E-state index is 14.1. The molecule has 0 spiro atoms. The fourth-order valence-electron chi connectivity index (χ4n) is 4.57. The second-order valence-corrected chi connectivity index (χ2v) is 11.3. The predicted octanol–water partition coefficient (Wildman–Crippen LogP) is 5.92. The van der Waals surface area contributed by atoms with E-state index in [0.717, 1.165) is 12.0 Å². The zero-order valence-electron chi connectivity index (χ0n) is 25.7. The van der Waals surface area contributed by atoms with E-state index >= 15 is 0 Å². The topological polar surface area (TPSA) is 123 Å². The summed E-state index contributed by atoms with van der Waals surface area (Å²) in [6, 6.07) is 13.3. The summed E-state index contributed by atoms with van der Waals surface area (Å²) in [6.45, 7) is 11.6. The van der Waals surface area contributed by atoms with Crippen molar-refractivity contribution in [3.05, 3.63) is 65.4 Å². The maximum atomic E-state index is 14.1. The molecular formula is C32H42N4O6. The minimum absolute atomic E-state index is 0.130. The molecule has 0 aliphatic rings. The van der Waals surface area contributed by atoms with E-state index < -0.39 is 29.3 Å². The van der Waals surface area contributed by atoms with Crippen LogP contribution in [0.2, 0.25) is 0 Å². The smallest absolute Gasteiger partial charge is 0.248 e.